The van der Waals surface area contributed by atoms with E-state index < -0.39 is 5.54 Å². The Morgan fingerprint density at radius 2 is 1.77 bits per heavy atom. The van der Waals surface area contributed by atoms with Gasteiger partial charge >= 0.3 is 0 Å². The maximum Gasteiger partial charge on any atom is 0.259 e. The summed E-state index contributed by atoms with van der Waals surface area (Å²) in [6.45, 7) is 5.52. The third-order valence-corrected chi connectivity index (χ3v) is 6.61. The summed E-state index contributed by atoms with van der Waals surface area (Å²) in [5.41, 5.74) is 1.21. The second-order valence-electron chi connectivity index (χ2n) is 7.96. The van der Waals surface area contributed by atoms with Crippen LogP contribution >= 0.6 is 23.2 Å². The Balaban J connectivity index is 1.74. The van der Waals surface area contributed by atoms with Crippen molar-refractivity contribution in [2.45, 2.75) is 12.5 Å². The number of benzene rings is 2. The SMILES string of the molecule is Cc1ccc2c(c1Cl)C(NC(=O)CN1CCN(C)CC1)(c1ccc(Cl)cc1)C(=O)N2. The Morgan fingerprint density at radius 1 is 1.10 bits per heavy atom. The molecule has 0 bridgehead atoms. The van der Waals surface area contributed by atoms with Crippen LogP contribution in [0.4, 0.5) is 5.69 Å². The first kappa shape index (κ1) is 21.1. The fourth-order valence-electron chi connectivity index (χ4n) is 4.11. The van der Waals surface area contributed by atoms with Crippen molar-refractivity contribution in [3.63, 3.8) is 0 Å². The van der Waals surface area contributed by atoms with Gasteiger partial charge in [0.1, 0.15) is 0 Å². The van der Waals surface area contributed by atoms with Gasteiger partial charge in [-0.25, -0.2) is 0 Å². The maximum absolute atomic E-state index is 13.3. The van der Waals surface area contributed by atoms with Crippen LogP contribution in [0.1, 0.15) is 16.7 Å². The van der Waals surface area contributed by atoms with Crippen molar-refractivity contribution in [3.8, 4) is 0 Å². The van der Waals surface area contributed by atoms with E-state index >= 15 is 0 Å². The molecule has 1 fully saturated rings. The number of aryl methyl sites for hydroxylation is 1. The van der Waals surface area contributed by atoms with Crippen molar-refractivity contribution in [1.82, 2.24) is 15.1 Å². The number of carbonyl (C=O) groups excluding carboxylic acids is 2. The first-order valence-electron chi connectivity index (χ1n) is 9.90. The molecule has 2 aromatic rings. The lowest BCUT2D eigenvalue weighted by Crippen LogP contribution is -2.55. The number of nitrogens with zero attached hydrogens (tertiary/aromatic N) is 2. The Kier molecular flexibility index (Phi) is 5.77. The number of hydrogen-bond acceptors (Lipinski definition) is 4. The molecule has 2 heterocycles. The second kappa shape index (κ2) is 8.19. The summed E-state index contributed by atoms with van der Waals surface area (Å²) in [6, 6.07) is 10.6. The summed E-state index contributed by atoms with van der Waals surface area (Å²) in [6.07, 6.45) is 0. The highest BCUT2D eigenvalue weighted by molar-refractivity contribution is 6.34. The maximum atomic E-state index is 13.3. The van der Waals surface area contributed by atoms with E-state index in [1.54, 1.807) is 24.3 Å². The quantitative estimate of drug-likeness (QED) is 0.757. The number of hydrogen-bond donors (Lipinski definition) is 2. The van der Waals surface area contributed by atoms with Crippen LogP contribution in [-0.4, -0.2) is 61.4 Å². The van der Waals surface area contributed by atoms with E-state index in [4.69, 9.17) is 23.2 Å². The zero-order valence-corrected chi connectivity index (χ0v) is 18.5. The summed E-state index contributed by atoms with van der Waals surface area (Å²) in [4.78, 5) is 30.8. The normalized spacial score (nSPS) is 21.9. The smallest absolute Gasteiger partial charge is 0.259 e. The fraction of sp³-hybridized carbons (Fsp3) is 0.364. The van der Waals surface area contributed by atoms with E-state index in [1.165, 1.54) is 0 Å². The van der Waals surface area contributed by atoms with E-state index in [2.05, 4.69) is 27.5 Å². The molecule has 0 saturated carbocycles. The minimum Gasteiger partial charge on any atom is -0.333 e. The number of carbonyl (C=O) groups is 2. The molecule has 8 heteroatoms. The third-order valence-electron chi connectivity index (χ3n) is 5.87. The van der Waals surface area contributed by atoms with Crippen LogP contribution in [0.5, 0.6) is 0 Å². The van der Waals surface area contributed by atoms with Gasteiger partial charge in [0.15, 0.2) is 5.54 Å². The van der Waals surface area contributed by atoms with Crippen molar-refractivity contribution in [3.05, 3.63) is 63.1 Å². The van der Waals surface area contributed by atoms with Gasteiger partial charge < -0.3 is 15.5 Å². The van der Waals surface area contributed by atoms with Crippen LogP contribution in [0.15, 0.2) is 36.4 Å². The van der Waals surface area contributed by atoms with E-state index in [1.807, 2.05) is 19.1 Å². The average Bonchev–Trinajstić information content (AvgIpc) is 3.00. The molecule has 0 radical (unpaired) electrons. The van der Waals surface area contributed by atoms with Crippen LogP contribution in [0, 0.1) is 6.92 Å². The Morgan fingerprint density at radius 3 is 2.43 bits per heavy atom. The Bertz CT molecular complexity index is 987. The van der Waals surface area contributed by atoms with E-state index in [0.29, 0.717) is 26.9 Å². The van der Waals surface area contributed by atoms with Gasteiger partial charge in [-0.15, -0.1) is 0 Å². The number of anilines is 1. The Hall–Kier alpha value is -2.12. The molecular weight excluding hydrogens is 423 g/mol. The van der Waals surface area contributed by atoms with E-state index in [0.717, 1.165) is 31.7 Å². The molecule has 2 aliphatic heterocycles. The molecular formula is C22H24Cl2N4O2. The number of halogens is 2. The van der Waals surface area contributed by atoms with Gasteiger partial charge in [-0.05, 0) is 43.3 Å². The molecule has 6 nitrogen and oxygen atoms in total. The van der Waals surface area contributed by atoms with Crippen molar-refractivity contribution in [1.29, 1.82) is 0 Å². The molecule has 2 aliphatic rings. The molecule has 2 amide bonds. The van der Waals surface area contributed by atoms with Gasteiger partial charge in [-0.1, -0.05) is 41.4 Å². The first-order valence-corrected chi connectivity index (χ1v) is 10.7. The zero-order chi connectivity index (χ0) is 21.5. The summed E-state index contributed by atoms with van der Waals surface area (Å²) in [7, 11) is 2.07. The minimum absolute atomic E-state index is 0.217. The van der Waals surface area contributed by atoms with Gasteiger partial charge in [0.05, 0.1) is 11.6 Å². The van der Waals surface area contributed by atoms with Gasteiger partial charge in [0, 0.05) is 42.5 Å². The molecule has 2 aromatic carbocycles. The van der Waals surface area contributed by atoms with Crippen LogP contribution in [-0.2, 0) is 15.1 Å². The molecule has 1 unspecified atom stereocenters. The number of rotatable bonds is 4. The second-order valence-corrected chi connectivity index (χ2v) is 8.77. The van der Waals surface area contributed by atoms with Crippen molar-refractivity contribution in [2.24, 2.45) is 0 Å². The van der Waals surface area contributed by atoms with E-state index in [9.17, 15) is 9.59 Å². The van der Waals surface area contributed by atoms with Crippen LogP contribution in [0.3, 0.4) is 0 Å². The van der Waals surface area contributed by atoms with Gasteiger partial charge in [0.25, 0.3) is 5.91 Å². The number of amides is 2. The lowest BCUT2D eigenvalue weighted by molar-refractivity contribution is -0.129. The molecule has 1 saturated heterocycles. The third kappa shape index (κ3) is 3.69. The molecule has 0 aromatic heterocycles. The molecule has 0 aliphatic carbocycles. The molecule has 4 rings (SSSR count). The predicted octanol–water partition coefficient (Wildman–Crippen LogP) is 2.86. The molecule has 1 atom stereocenters. The summed E-state index contributed by atoms with van der Waals surface area (Å²) < 4.78 is 0. The fourth-order valence-corrected chi connectivity index (χ4v) is 4.54. The van der Waals surface area contributed by atoms with Crippen molar-refractivity contribution < 1.29 is 9.59 Å². The summed E-state index contributed by atoms with van der Waals surface area (Å²) >= 11 is 12.8. The zero-order valence-electron chi connectivity index (χ0n) is 17.0. The van der Waals surface area contributed by atoms with Crippen LogP contribution in [0.25, 0.3) is 0 Å². The van der Waals surface area contributed by atoms with Crippen molar-refractivity contribution in [2.75, 3.05) is 45.1 Å². The molecule has 158 valence electrons. The topological polar surface area (TPSA) is 64.7 Å². The number of piperazine rings is 1. The summed E-state index contributed by atoms with van der Waals surface area (Å²) in [5.74, 6) is -0.561. The van der Waals surface area contributed by atoms with Crippen molar-refractivity contribution >= 4 is 40.7 Å². The van der Waals surface area contributed by atoms with Crippen LogP contribution in [0.2, 0.25) is 10.0 Å². The minimum atomic E-state index is -1.41. The lowest BCUT2D eigenvalue weighted by atomic mass is 9.83. The highest BCUT2D eigenvalue weighted by Crippen LogP contribution is 2.46. The van der Waals surface area contributed by atoms with Gasteiger partial charge in [-0.2, -0.15) is 0 Å². The van der Waals surface area contributed by atoms with Gasteiger partial charge in [-0.3, -0.25) is 14.5 Å². The standard InChI is InChI=1S/C22H24Cl2N4O2/c1-14-3-8-17-19(20(14)24)22(21(30)25-17,15-4-6-16(23)7-5-15)26-18(29)13-28-11-9-27(2)10-12-28/h3-8H,9-13H2,1-2H3,(H,25,30)(H,26,29). The number of nitrogens with one attached hydrogen (secondary N) is 2. The number of fused-ring (bicyclic) bond motifs is 1. The predicted molar refractivity (Wildman–Crippen MR) is 119 cm³/mol. The van der Waals surface area contributed by atoms with Crippen LogP contribution < -0.4 is 10.6 Å². The monoisotopic (exact) mass is 446 g/mol. The molecule has 2 N–H and O–H groups in total. The highest BCUT2D eigenvalue weighted by Gasteiger charge is 2.51. The molecule has 30 heavy (non-hydrogen) atoms. The lowest BCUT2D eigenvalue weighted by Gasteiger charge is -2.34. The van der Waals surface area contributed by atoms with E-state index in [-0.39, 0.29) is 18.4 Å². The first-order chi connectivity index (χ1) is 14.3. The largest absolute Gasteiger partial charge is 0.333 e. The highest BCUT2D eigenvalue weighted by atomic mass is 35.5. The van der Waals surface area contributed by atoms with Gasteiger partial charge in [0.2, 0.25) is 5.91 Å². The number of likely N-dealkylation sites (N-methyl/N-ethyl adjacent to an activating group) is 1. The Labute approximate surface area is 186 Å². The average molecular weight is 447 g/mol. The summed E-state index contributed by atoms with van der Waals surface area (Å²) in [5, 5.41) is 6.93. The molecule has 0 spiro atoms.